The largest absolute Gasteiger partial charge is 0.369 e. The molecule has 5 nitrogen and oxygen atoms in total. The van der Waals surface area contributed by atoms with Gasteiger partial charge in [0.1, 0.15) is 5.82 Å². The molecule has 8 heteroatoms. The summed E-state index contributed by atoms with van der Waals surface area (Å²) in [6, 6.07) is 16.4. The van der Waals surface area contributed by atoms with Crippen molar-refractivity contribution in [2.24, 2.45) is 4.99 Å². The number of hydrogen-bond acceptors (Lipinski definition) is 3. The summed E-state index contributed by atoms with van der Waals surface area (Å²) in [5.41, 5.74) is 0.910. The van der Waals surface area contributed by atoms with Gasteiger partial charge in [-0.2, -0.15) is 0 Å². The Morgan fingerprint density at radius 1 is 1.24 bits per heavy atom. The topological polar surface area (TPSA) is 56.7 Å². The fourth-order valence-corrected chi connectivity index (χ4v) is 4.33. The molecular weight excluding hydrogens is 502 g/mol. The van der Waals surface area contributed by atoms with Crippen molar-refractivity contribution in [2.45, 2.75) is 23.8 Å². The summed E-state index contributed by atoms with van der Waals surface area (Å²) in [6.45, 7) is 2.28. The Hall–Kier alpha value is -1.68. The quantitative estimate of drug-likeness (QED) is 0.342. The van der Waals surface area contributed by atoms with Gasteiger partial charge in [-0.25, -0.2) is 4.39 Å². The molecule has 0 bridgehead atoms. The Balaban J connectivity index is 0.00000300. The maximum Gasteiger partial charge on any atom is 0.191 e. The molecule has 1 heterocycles. The Morgan fingerprint density at radius 3 is 2.76 bits per heavy atom. The number of piperidine rings is 1. The lowest BCUT2D eigenvalue weighted by atomic mass is 10.0. The third-order valence-electron chi connectivity index (χ3n) is 4.75. The van der Waals surface area contributed by atoms with Crippen LogP contribution in [0.2, 0.25) is 0 Å². The van der Waals surface area contributed by atoms with E-state index >= 15 is 0 Å². The first-order valence-electron chi connectivity index (χ1n) is 9.57. The highest BCUT2D eigenvalue weighted by molar-refractivity contribution is 14.0. The van der Waals surface area contributed by atoms with Crippen LogP contribution in [0.1, 0.15) is 12.8 Å². The molecule has 1 aliphatic heterocycles. The van der Waals surface area contributed by atoms with Gasteiger partial charge in [-0.15, -0.1) is 24.0 Å². The number of rotatable bonds is 6. The number of benzene rings is 2. The highest BCUT2D eigenvalue weighted by Gasteiger charge is 2.21. The van der Waals surface area contributed by atoms with Crippen LogP contribution in [-0.4, -0.2) is 48.6 Å². The van der Waals surface area contributed by atoms with Crippen LogP contribution in [0.5, 0.6) is 0 Å². The molecule has 1 fully saturated rings. The zero-order valence-electron chi connectivity index (χ0n) is 16.5. The summed E-state index contributed by atoms with van der Waals surface area (Å²) < 4.78 is 25.8. The van der Waals surface area contributed by atoms with Crippen LogP contribution in [0.3, 0.4) is 0 Å². The van der Waals surface area contributed by atoms with Crippen molar-refractivity contribution in [3.8, 4) is 0 Å². The minimum absolute atomic E-state index is 0. The van der Waals surface area contributed by atoms with Gasteiger partial charge in [0.15, 0.2) is 5.96 Å². The van der Waals surface area contributed by atoms with Crippen molar-refractivity contribution in [1.29, 1.82) is 0 Å². The van der Waals surface area contributed by atoms with Crippen LogP contribution >= 0.6 is 24.0 Å². The first-order chi connectivity index (χ1) is 13.7. The highest BCUT2D eigenvalue weighted by Crippen LogP contribution is 2.20. The zero-order chi connectivity index (χ0) is 19.8. The number of anilines is 1. The van der Waals surface area contributed by atoms with Gasteiger partial charge in [-0.05, 0) is 43.2 Å². The summed E-state index contributed by atoms with van der Waals surface area (Å²) in [4.78, 5) is 7.32. The lowest BCUT2D eigenvalue weighted by Crippen LogP contribution is -2.51. The number of halogens is 2. The molecule has 0 amide bonds. The van der Waals surface area contributed by atoms with Crippen LogP contribution in [-0.2, 0) is 10.8 Å². The van der Waals surface area contributed by atoms with Gasteiger partial charge in [0.25, 0.3) is 0 Å². The van der Waals surface area contributed by atoms with Crippen LogP contribution in [0, 0.1) is 5.82 Å². The average molecular weight is 530 g/mol. The summed E-state index contributed by atoms with van der Waals surface area (Å²) >= 11 is 0. The first kappa shape index (κ1) is 23.6. The third-order valence-corrected chi connectivity index (χ3v) is 6.12. The zero-order valence-corrected chi connectivity index (χ0v) is 19.7. The second-order valence-corrected chi connectivity index (χ2v) is 8.34. The summed E-state index contributed by atoms with van der Waals surface area (Å²) in [7, 11) is 0.702. The molecule has 1 saturated heterocycles. The fraction of sp³-hybridized carbons (Fsp3) is 0.381. The number of hydrogen-bond donors (Lipinski definition) is 2. The number of nitrogens with zero attached hydrogens (tertiary/aromatic N) is 2. The van der Waals surface area contributed by atoms with E-state index in [1.807, 2.05) is 36.4 Å². The molecule has 2 unspecified atom stereocenters. The Labute approximate surface area is 191 Å². The molecule has 2 N–H and O–H groups in total. The van der Waals surface area contributed by atoms with Gasteiger partial charge in [0.2, 0.25) is 0 Å². The molecule has 1 aliphatic rings. The van der Waals surface area contributed by atoms with Crippen LogP contribution < -0.4 is 15.5 Å². The molecule has 3 rings (SSSR count). The fourth-order valence-electron chi connectivity index (χ4n) is 3.34. The standard InChI is InChI=1S/C21H27FN4OS.HI/c1-23-21(24-12-14-28(27)20-10-3-2-4-11-20)25-18-8-6-13-26(16-18)19-9-5-7-17(22)15-19;/h2-5,7,9-11,15,18H,6,8,12-14,16H2,1H3,(H2,23,24,25);1H. The number of aliphatic imine (C=N–C) groups is 1. The van der Waals surface area contributed by atoms with E-state index in [-0.39, 0.29) is 35.8 Å². The van der Waals surface area contributed by atoms with Gasteiger partial charge < -0.3 is 15.5 Å². The average Bonchev–Trinajstić information content (AvgIpc) is 2.73. The van der Waals surface area contributed by atoms with Gasteiger partial charge in [0, 0.05) is 49.1 Å². The van der Waals surface area contributed by atoms with E-state index in [9.17, 15) is 8.60 Å². The van der Waals surface area contributed by atoms with E-state index < -0.39 is 10.8 Å². The van der Waals surface area contributed by atoms with Crippen molar-refractivity contribution in [2.75, 3.05) is 37.3 Å². The van der Waals surface area contributed by atoms with Crippen molar-refractivity contribution in [3.63, 3.8) is 0 Å². The van der Waals surface area contributed by atoms with Crippen LogP contribution in [0.25, 0.3) is 0 Å². The maximum atomic E-state index is 13.5. The van der Waals surface area contributed by atoms with Crippen LogP contribution in [0.4, 0.5) is 10.1 Å². The highest BCUT2D eigenvalue weighted by atomic mass is 127. The molecule has 2 atom stereocenters. The van der Waals surface area contributed by atoms with Gasteiger partial charge in [-0.3, -0.25) is 9.20 Å². The second kappa shape index (κ2) is 12.1. The van der Waals surface area contributed by atoms with Crippen molar-refractivity contribution < 1.29 is 8.60 Å². The monoisotopic (exact) mass is 530 g/mol. The van der Waals surface area contributed by atoms with E-state index in [1.54, 1.807) is 19.2 Å². The van der Waals surface area contributed by atoms with Gasteiger partial charge >= 0.3 is 0 Å². The normalized spacial score (nSPS) is 17.9. The molecule has 158 valence electrons. The third kappa shape index (κ3) is 7.26. The molecular formula is C21H28FIN4OS. The minimum Gasteiger partial charge on any atom is -0.369 e. The lowest BCUT2D eigenvalue weighted by molar-refractivity contribution is 0.468. The molecule has 0 aliphatic carbocycles. The Morgan fingerprint density at radius 2 is 2.03 bits per heavy atom. The molecule has 2 aromatic rings. The summed E-state index contributed by atoms with van der Waals surface area (Å²) in [5.74, 6) is 1.01. The number of nitrogens with one attached hydrogen (secondary N) is 2. The van der Waals surface area contributed by atoms with E-state index in [0.29, 0.717) is 18.3 Å². The Kier molecular flexibility index (Phi) is 9.86. The summed E-state index contributed by atoms with van der Waals surface area (Å²) in [5, 5.41) is 6.69. The Bertz CT molecular complexity index is 821. The predicted octanol–water partition coefficient (Wildman–Crippen LogP) is 3.39. The van der Waals surface area contributed by atoms with Crippen molar-refractivity contribution in [3.05, 3.63) is 60.4 Å². The molecule has 2 aromatic carbocycles. The second-order valence-electron chi connectivity index (χ2n) is 6.77. The molecule has 0 aromatic heterocycles. The van der Waals surface area contributed by atoms with Crippen molar-refractivity contribution in [1.82, 2.24) is 10.6 Å². The van der Waals surface area contributed by atoms with E-state index in [4.69, 9.17) is 0 Å². The first-order valence-corrected chi connectivity index (χ1v) is 10.9. The lowest BCUT2D eigenvalue weighted by Gasteiger charge is -2.35. The molecule has 0 spiro atoms. The van der Waals surface area contributed by atoms with Gasteiger partial charge in [0.05, 0.1) is 10.8 Å². The van der Waals surface area contributed by atoms with Gasteiger partial charge in [-0.1, -0.05) is 24.3 Å². The molecule has 29 heavy (non-hydrogen) atoms. The van der Waals surface area contributed by atoms with E-state index in [2.05, 4.69) is 20.5 Å². The summed E-state index contributed by atoms with van der Waals surface area (Å²) in [6.07, 6.45) is 2.06. The molecule has 0 saturated carbocycles. The SMILES string of the molecule is CN=C(NCCS(=O)c1ccccc1)NC1CCCN(c2cccc(F)c2)C1.I. The van der Waals surface area contributed by atoms with E-state index in [1.165, 1.54) is 6.07 Å². The molecule has 0 radical (unpaired) electrons. The van der Waals surface area contributed by atoms with Crippen LogP contribution in [0.15, 0.2) is 64.5 Å². The minimum atomic E-state index is -1.03. The predicted molar refractivity (Wildman–Crippen MR) is 129 cm³/mol. The smallest absolute Gasteiger partial charge is 0.191 e. The number of guanidine groups is 1. The maximum absolute atomic E-state index is 13.5. The van der Waals surface area contributed by atoms with Crippen molar-refractivity contribution >= 4 is 46.4 Å². The van der Waals surface area contributed by atoms with E-state index in [0.717, 1.165) is 36.5 Å².